The molecule has 0 bridgehead atoms. The van der Waals surface area contributed by atoms with E-state index in [0.29, 0.717) is 0 Å². The fraction of sp³-hybridized carbons (Fsp3) is 0.0714. The van der Waals surface area contributed by atoms with E-state index < -0.39 is 17.5 Å². The van der Waals surface area contributed by atoms with Crippen molar-refractivity contribution in [3.8, 4) is 17.2 Å². The SMILES string of the molecule is O=C(O)c1ccc(OCc2ccccc2)c(O)c1O. The lowest BCUT2D eigenvalue weighted by molar-refractivity contribution is 0.0693. The number of ether oxygens (including phenoxy) is 1. The van der Waals surface area contributed by atoms with Crippen LogP contribution in [0.1, 0.15) is 15.9 Å². The quantitative estimate of drug-likeness (QED) is 0.735. The lowest BCUT2D eigenvalue weighted by Gasteiger charge is -2.10. The standard InChI is InChI=1S/C14H12O5/c15-12-10(14(17)18)6-7-11(13(12)16)19-8-9-4-2-1-3-5-9/h1-7,15-16H,8H2,(H,17,18). The highest BCUT2D eigenvalue weighted by Crippen LogP contribution is 2.38. The van der Waals surface area contributed by atoms with Gasteiger partial charge in [0.25, 0.3) is 0 Å². The van der Waals surface area contributed by atoms with Gasteiger partial charge in [0.15, 0.2) is 11.5 Å². The highest BCUT2D eigenvalue weighted by molar-refractivity contribution is 5.92. The second-order valence-electron chi connectivity index (χ2n) is 3.89. The molecule has 19 heavy (non-hydrogen) atoms. The van der Waals surface area contributed by atoms with E-state index in [2.05, 4.69) is 0 Å². The summed E-state index contributed by atoms with van der Waals surface area (Å²) in [5, 5.41) is 28.0. The molecule has 0 spiro atoms. The molecule has 0 aliphatic heterocycles. The zero-order valence-corrected chi connectivity index (χ0v) is 9.91. The van der Waals surface area contributed by atoms with Gasteiger partial charge in [0.1, 0.15) is 12.2 Å². The maximum atomic E-state index is 10.8. The van der Waals surface area contributed by atoms with Gasteiger partial charge in [-0.1, -0.05) is 30.3 Å². The Kier molecular flexibility index (Phi) is 3.56. The lowest BCUT2D eigenvalue weighted by atomic mass is 10.1. The van der Waals surface area contributed by atoms with E-state index in [9.17, 15) is 15.0 Å². The molecule has 0 fully saturated rings. The van der Waals surface area contributed by atoms with Crippen molar-refractivity contribution in [3.05, 3.63) is 53.6 Å². The van der Waals surface area contributed by atoms with Crippen molar-refractivity contribution in [1.82, 2.24) is 0 Å². The largest absolute Gasteiger partial charge is 0.504 e. The van der Waals surface area contributed by atoms with Crippen LogP contribution in [0.4, 0.5) is 0 Å². The summed E-state index contributed by atoms with van der Waals surface area (Å²) in [7, 11) is 0. The molecule has 2 aromatic carbocycles. The maximum Gasteiger partial charge on any atom is 0.339 e. The summed E-state index contributed by atoms with van der Waals surface area (Å²) in [5.74, 6) is -2.55. The van der Waals surface area contributed by atoms with E-state index >= 15 is 0 Å². The van der Waals surface area contributed by atoms with Gasteiger partial charge in [-0.2, -0.15) is 0 Å². The first kappa shape index (κ1) is 12.8. The van der Waals surface area contributed by atoms with Crippen LogP contribution < -0.4 is 4.74 Å². The topological polar surface area (TPSA) is 87.0 Å². The van der Waals surface area contributed by atoms with Gasteiger partial charge in [0.05, 0.1) is 0 Å². The molecule has 5 heteroatoms. The molecule has 0 saturated carbocycles. The molecule has 0 amide bonds. The molecule has 0 aliphatic carbocycles. The van der Waals surface area contributed by atoms with Crippen LogP contribution in [0.3, 0.4) is 0 Å². The molecule has 0 saturated heterocycles. The number of carboxylic acids is 1. The predicted octanol–water partition coefficient (Wildman–Crippen LogP) is 2.38. The zero-order valence-electron chi connectivity index (χ0n) is 9.91. The summed E-state index contributed by atoms with van der Waals surface area (Å²) in [6, 6.07) is 11.8. The van der Waals surface area contributed by atoms with Gasteiger partial charge < -0.3 is 20.1 Å². The Hall–Kier alpha value is -2.69. The molecule has 0 radical (unpaired) electrons. The Morgan fingerprint density at radius 1 is 1.00 bits per heavy atom. The van der Waals surface area contributed by atoms with Crippen LogP contribution in [-0.2, 0) is 6.61 Å². The van der Waals surface area contributed by atoms with Crippen LogP contribution >= 0.6 is 0 Å². The number of carboxylic acid groups (broad SMARTS) is 1. The van der Waals surface area contributed by atoms with Crippen LogP contribution in [0.2, 0.25) is 0 Å². The summed E-state index contributed by atoms with van der Waals surface area (Å²) in [6.07, 6.45) is 0. The summed E-state index contributed by atoms with van der Waals surface area (Å²) in [5.41, 5.74) is 0.522. The lowest BCUT2D eigenvalue weighted by Crippen LogP contribution is -1.99. The Balaban J connectivity index is 2.18. The molecule has 5 nitrogen and oxygen atoms in total. The molecule has 2 aromatic rings. The van der Waals surface area contributed by atoms with Crippen molar-refractivity contribution in [2.24, 2.45) is 0 Å². The summed E-state index contributed by atoms with van der Waals surface area (Å²) in [6.45, 7) is 0.209. The summed E-state index contributed by atoms with van der Waals surface area (Å²) in [4.78, 5) is 10.8. The fourth-order valence-electron chi connectivity index (χ4n) is 1.59. The van der Waals surface area contributed by atoms with Gasteiger partial charge in [-0.15, -0.1) is 0 Å². The molecule has 2 rings (SSSR count). The molecule has 0 aliphatic rings. The fourth-order valence-corrected chi connectivity index (χ4v) is 1.59. The van der Waals surface area contributed by atoms with Crippen molar-refractivity contribution >= 4 is 5.97 Å². The van der Waals surface area contributed by atoms with Crippen LogP contribution in [0.5, 0.6) is 17.2 Å². The van der Waals surface area contributed by atoms with Gasteiger partial charge in [0, 0.05) is 0 Å². The third-order valence-corrected chi connectivity index (χ3v) is 2.58. The van der Waals surface area contributed by atoms with Crippen molar-refractivity contribution in [2.75, 3.05) is 0 Å². The molecule has 0 atom stereocenters. The molecule has 0 heterocycles. The highest BCUT2D eigenvalue weighted by atomic mass is 16.5. The molecule has 98 valence electrons. The van der Waals surface area contributed by atoms with Crippen LogP contribution in [-0.4, -0.2) is 21.3 Å². The number of phenols is 2. The third kappa shape index (κ3) is 2.77. The second-order valence-corrected chi connectivity index (χ2v) is 3.89. The van der Waals surface area contributed by atoms with Crippen molar-refractivity contribution in [1.29, 1.82) is 0 Å². The molecular formula is C14H12O5. The molecule has 0 aromatic heterocycles. The zero-order chi connectivity index (χ0) is 13.8. The Morgan fingerprint density at radius 3 is 2.32 bits per heavy atom. The normalized spacial score (nSPS) is 10.1. The van der Waals surface area contributed by atoms with Gasteiger partial charge >= 0.3 is 5.97 Å². The molecular weight excluding hydrogens is 248 g/mol. The van der Waals surface area contributed by atoms with Gasteiger partial charge in [0.2, 0.25) is 5.75 Å². The van der Waals surface area contributed by atoms with Gasteiger partial charge in [-0.3, -0.25) is 0 Å². The van der Waals surface area contributed by atoms with Gasteiger partial charge in [-0.25, -0.2) is 4.79 Å². The van der Waals surface area contributed by atoms with Crippen LogP contribution in [0, 0.1) is 0 Å². The van der Waals surface area contributed by atoms with E-state index in [1.165, 1.54) is 12.1 Å². The minimum Gasteiger partial charge on any atom is -0.504 e. The van der Waals surface area contributed by atoms with E-state index in [1.807, 2.05) is 30.3 Å². The van der Waals surface area contributed by atoms with E-state index in [4.69, 9.17) is 9.84 Å². The number of hydrogen-bond donors (Lipinski definition) is 3. The van der Waals surface area contributed by atoms with Crippen molar-refractivity contribution < 1.29 is 24.9 Å². The first-order valence-electron chi connectivity index (χ1n) is 5.54. The number of benzene rings is 2. The van der Waals surface area contributed by atoms with Crippen LogP contribution in [0.15, 0.2) is 42.5 Å². The maximum absolute atomic E-state index is 10.8. The summed E-state index contributed by atoms with van der Waals surface area (Å²) >= 11 is 0. The predicted molar refractivity (Wildman–Crippen MR) is 67.5 cm³/mol. The first-order chi connectivity index (χ1) is 9.09. The number of aromatic hydroxyl groups is 2. The number of hydrogen-bond acceptors (Lipinski definition) is 4. The average Bonchev–Trinajstić information content (AvgIpc) is 2.41. The Morgan fingerprint density at radius 2 is 1.68 bits per heavy atom. The van der Waals surface area contributed by atoms with Crippen molar-refractivity contribution in [2.45, 2.75) is 6.61 Å². The van der Waals surface area contributed by atoms with Crippen LogP contribution in [0.25, 0.3) is 0 Å². The molecule has 3 N–H and O–H groups in total. The smallest absolute Gasteiger partial charge is 0.339 e. The Labute approximate surface area is 109 Å². The number of phenolic OH excluding ortho intramolecular Hbond substituents is 1. The van der Waals surface area contributed by atoms with Crippen molar-refractivity contribution in [3.63, 3.8) is 0 Å². The third-order valence-electron chi connectivity index (χ3n) is 2.58. The highest BCUT2D eigenvalue weighted by Gasteiger charge is 2.17. The van der Waals surface area contributed by atoms with Gasteiger partial charge in [-0.05, 0) is 17.7 Å². The minimum atomic E-state index is -1.32. The van der Waals surface area contributed by atoms with E-state index in [-0.39, 0.29) is 17.9 Å². The molecule has 0 unspecified atom stereocenters. The summed E-state index contributed by atoms with van der Waals surface area (Å²) < 4.78 is 5.34. The van der Waals surface area contributed by atoms with E-state index in [1.54, 1.807) is 0 Å². The Bertz CT molecular complexity index is 592. The monoisotopic (exact) mass is 260 g/mol. The number of rotatable bonds is 4. The average molecular weight is 260 g/mol. The number of carbonyl (C=O) groups is 1. The van der Waals surface area contributed by atoms with E-state index in [0.717, 1.165) is 5.56 Å². The minimum absolute atomic E-state index is 0.0337. The second kappa shape index (κ2) is 5.30. The first-order valence-corrected chi connectivity index (χ1v) is 5.54. The number of aromatic carboxylic acids is 1.